The van der Waals surface area contributed by atoms with E-state index < -0.39 is 21.5 Å². The molecular weight excluding hydrogens is 196 g/mol. The summed E-state index contributed by atoms with van der Waals surface area (Å²) in [6.07, 6.45) is 0.862. The maximum atomic E-state index is 10.2. The van der Waals surface area contributed by atoms with Gasteiger partial charge in [0.15, 0.2) is 0 Å². The molecule has 0 aromatic carbocycles. The van der Waals surface area contributed by atoms with Crippen LogP contribution in [0.4, 0.5) is 0 Å². The molecule has 1 unspecified atom stereocenters. The second-order valence-electron chi connectivity index (χ2n) is 1.55. The van der Waals surface area contributed by atoms with Gasteiger partial charge in [-0.1, -0.05) is 0 Å². The Balaban J connectivity index is 3.37. The van der Waals surface area contributed by atoms with Crippen LogP contribution in [0, 0.1) is 0 Å². The average Bonchev–Trinajstić information content (AvgIpc) is 1.78. The van der Waals surface area contributed by atoms with E-state index in [0.717, 1.165) is 6.26 Å². The summed E-state index contributed by atoms with van der Waals surface area (Å²) in [5.41, 5.74) is 0. The quantitative estimate of drug-likeness (QED) is 0.315. The van der Waals surface area contributed by atoms with E-state index in [1.165, 1.54) is 0 Å². The Morgan fingerprint density at radius 2 is 2.00 bits per heavy atom. The molecule has 0 aromatic heterocycles. The molecule has 6 nitrogen and oxygen atoms in total. The van der Waals surface area contributed by atoms with E-state index >= 15 is 0 Å². The highest BCUT2D eigenvalue weighted by molar-refractivity contribution is 7.86. The molecule has 0 aliphatic rings. The van der Waals surface area contributed by atoms with Gasteiger partial charge in [0, 0.05) is 0 Å². The average molecular weight is 203 g/mol. The first-order chi connectivity index (χ1) is 4.92. The van der Waals surface area contributed by atoms with E-state index in [4.69, 9.17) is 0 Å². The maximum Gasteiger partial charge on any atom is 0.264 e. The van der Waals surface area contributed by atoms with Gasteiger partial charge < -0.3 is 4.55 Å². The van der Waals surface area contributed by atoms with Crippen molar-refractivity contribution in [3.8, 4) is 0 Å². The van der Waals surface area contributed by atoms with Gasteiger partial charge in [-0.25, -0.2) is 4.21 Å². The minimum Gasteiger partial charge on any atom is -0.750 e. The van der Waals surface area contributed by atoms with Crippen LogP contribution in [0.3, 0.4) is 0 Å². The predicted octanol–water partition coefficient (Wildman–Crippen LogP) is -1.23. The third kappa shape index (κ3) is 9.98. The van der Waals surface area contributed by atoms with Crippen molar-refractivity contribution in [2.45, 2.75) is 0 Å². The largest absolute Gasteiger partial charge is 0.750 e. The lowest BCUT2D eigenvalue weighted by Crippen LogP contribution is -2.10. The zero-order chi connectivity index (χ0) is 8.91. The maximum absolute atomic E-state index is 10.2. The van der Waals surface area contributed by atoms with E-state index in [-0.39, 0.29) is 13.2 Å². The minimum absolute atomic E-state index is 0.299. The molecule has 8 heteroatoms. The summed E-state index contributed by atoms with van der Waals surface area (Å²) in [6.45, 7) is -0.601. The first-order valence-electron chi connectivity index (χ1n) is 2.49. The zero-order valence-electron chi connectivity index (χ0n) is 5.68. The molecule has 0 spiro atoms. The highest BCUT2D eigenvalue weighted by Crippen LogP contribution is 1.87. The van der Waals surface area contributed by atoms with E-state index in [1.807, 2.05) is 0 Å². The van der Waals surface area contributed by atoms with Crippen molar-refractivity contribution in [1.82, 2.24) is 0 Å². The van der Waals surface area contributed by atoms with Gasteiger partial charge in [-0.15, -0.1) is 0 Å². The van der Waals surface area contributed by atoms with Gasteiger partial charge >= 0.3 is 0 Å². The third-order valence-corrected chi connectivity index (χ3v) is 1.51. The van der Waals surface area contributed by atoms with Crippen molar-refractivity contribution < 1.29 is 25.5 Å². The van der Waals surface area contributed by atoms with Gasteiger partial charge in [-0.2, -0.15) is 8.42 Å². The zero-order valence-corrected chi connectivity index (χ0v) is 7.31. The Bertz CT molecular complexity index is 218. The Morgan fingerprint density at radius 1 is 1.45 bits per heavy atom. The topological polar surface area (TPSA) is 92.7 Å². The van der Waals surface area contributed by atoms with Gasteiger partial charge in [-0.3, -0.25) is 8.37 Å². The van der Waals surface area contributed by atoms with Gasteiger partial charge in [0.25, 0.3) is 10.1 Å². The fraction of sp³-hybridized carbons (Fsp3) is 1.00. The molecule has 11 heavy (non-hydrogen) atoms. The van der Waals surface area contributed by atoms with Gasteiger partial charge in [0.1, 0.15) is 0 Å². The molecular formula is C3H7O6S2-. The lowest BCUT2D eigenvalue weighted by atomic mass is 10.8. The second kappa shape index (κ2) is 4.78. The molecule has 1 atom stereocenters. The van der Waals surface area contributed by atoms with Crippen molar-refractivity contribution in [3.05, 3.63) is 0 Å². The van der Waals surface area contributed by atoms with Crippen LogP contribution in [0.1, 0.15) is 0 Å². The first kappa shape index (κ1) is 11.0. The van der Waals surface area contributed by atoms with Crippen LogP contribution in [0.25, 0.3) is 0 Å². The number of rotatable bonds is 5. The molecule has 0 aliphatic heterocycles. The molecule has 0 amide bonds. The van der Waals surface area contributed by atoms with Crippen LogP contribution < -0.4 is 0 Å². The van der Waals surface area contributed by atoms with Crippen LogP contribution >= 0.6 is 0 Å². The Hall–Kier alpha value is -0.0200. The lowest BCUT2D eigenvalue weighted by molar-refractivity contribution is 0.220. The highest BCUT2D eigenvalue weighted by atomic mass is 32.2. The van der Waals surface area contributed by atoms with Crippen molar-refractivity contribution >= 4 is 21.5 Å². The van der Waals surface area contributed by atoms with Crippen molar-refractivity contribution in [1.29, 1.82) is 0 Å². The van der Waals surface area contributed by atoms with E-state index in [0.29, 0.717) is 0 Å². The Kier molecular flexibility index (Phi) is 4.77. The molecule has 0 saturated carbocycles. The molecule has 0 aromatic rings. The molecule has 0 aliphatic carbocycles. The molecule has 0 saturated heterocycles. The fourth-order valence-corrected chi connectivity index (χ4v) is 0.862. The van der Waals surface area contributed by atoms with E-state index in [9.17, 15) is 17.2 Å². The molecule has 0 rings (SSSR count). The van der Waals surface area contributed by atoms with Crippen LogP contribution in [0.2, 0.25) is 0 Å². The smallest absolute Gasteiger partial charge is 0.264 e. The Morgan fingerprint density at radius 3 is 2.36 bits per heavy atom. The van der Waals surface area contributed by atoms with Crippen molar-refractivity contribution in [3.63, 3.8) is 0 Å². The summed E-state index contributed by atoms with van der Waals surface area (Å²) in [6, 6.07) is 0. The summed E-state index contributed by atoms with van der Waals surface area (Å²) >= 11 is -2.62. The lowest BCUT2D eigenvalue weighted by Gasteiger charge is -2.04. The van der Waals surface area contributed by atoms with Crippen LogP contribution in [0.15, 0.2) is 0 Å². The normalized spacial score (nSPS) is 14.7. The second-order valence-corrected chi connectivity index (χ2v) is 3.84. The molecule has 0 bridgehead atoms. The summed E-state index contributed by atoms with van der Waals surface area (Å²) in [5, 5.41) is 0. The number of hydrogen-bond acceptors (Lipinski definition) is 6. The molecule has 0 heterocycles. The third-order valence-electron chi connectivity index (χ3n) is 0.560. The predicted molar refractivity (Wildman–Crippen MR) is 35.7 cm³/mol. The molecule has 68 valence electrons. The summed E-state index contributed by atoms with van der Waals surface area (Å²) in [4.78, 5) is 0. The van der Waals surface area contributed by atoms with Crippen LogP contribution in [0.5, 0.6) is 0 Å². The molecule has 0 N–H and O–H groups in total. The summed E-state index contributed by atoms with van der Waals surface area (Å²) in [7, 11) is -3.50. The van der Waals surface area contributed by atoms with Crippen LogP contribution in [-0.2, 0) is 29.8 Å². The van der Waals surface area contributed by atoms with Crippen molar-refractivity contribution in [2.75, 3.05) is 19.5 Å². The standard InChI is InChI=1S/C3H8O6S2/c1-11(6,7)9-3-2-8-10(4)5/h2-3H2,1H3,(H,4,5)/p-1. The monoisotopic (exact) mass is 203 g/mol. The summed E-state index contributed by atoms with van der Waals surface area (Å²) in [5.74, 6) is 0. The van der Waals surface area contributed by atoms with E-state index in [1.54, 1.807) is 0 Å². The molecule has 0 radical (unpaired) electrons. The van der Waals surface area contributed by atoms with Gasteiger partial charge in [-0.05, 0) is 0 Å². The summed E-state index contributed by atoms with van der Waals surface area (Å²) < 4.78 is 48.0. The highest BCUT2D eigenvalue weighted by Gasteiger charge is 1.99. The molecule has 0 fully saturated rings. The van der Waals surface area contributed by atoms with E-state index in [2.05, 4.69) is 8.37 Å². The first-order valence-corrected chi connectivity index (χ1v) is 5.30. The minimum atomic E-state index is -3.50. The van der Waals surface area contributed by atoms with Crippen molar-refractivity contribution in [2.24, 2.45) is 0 Å². The SMILES string of the molecule is CS(=O)(=O)OCCOS(=O)[O-]. The number of hydrogen-bond donors (Lipinski definition) is 0. The van der Waals surface area contributed by atoms with Gasteiger partial charge in [0.2, 0.25) is 0 Å². The van der Waals surface area contributed by atoms with Crippen LogP contribution in [-0.4, -0.2) is 36.6 Å². The fourth-order valence-electron chi connectivity index (χ4n) is 0.287. The van der Waals surface area contributed by atoms with Gasteiger partial charge in [0.05, 0.1) is 30.8 Å². The Labute approximate surface area is 67.1 Å².